The molecule has 0 radical (unpaired) electrons. The zero-order valence-electron chi connectivity index (χ0n) is 9.10. The van der Waals surface area contributed by atoms with Gasteiger partial charge in [-0.3, -0.25) is 4.79 Å². The average molecular weight is 227 g/mol. The molecule has 15 heavy (non-hydrogen) atoms. The number of carbonyl (C=O) groups excluding carboxylic acids is 1. The van der Waals surface area contributed by atoms with Gasteiger partial charge in [-0.2, -0.15) is 0 Å². The maximum Gasteiger partial charge on any atom is 0.253 e. The van der Waals surface area contributed by atoms with Crippen molar-refractivity contribution in [1.82, 2.24) is 5.32 Å². The maximum absolute atomic E-state index is 11.8. The van der Waals surface area contributed by atoms with Gasteiger partial charge < -0.3 is 11.1 Å². The SMILES string of the molecule is CC(C)(C)NC(=O)c1ccc(Cl)cc1N. The van der Waals surface area contributed by atoms with Gasteiger partial charge >= 0.3 is 0 Å². The fraction of sp³-hybridized carbons (Fsp3) is 0.364. The largest absolute Gasteiger partial charge is 0.398 e. The Morgan fingerprint density at radius 1 is 1.40 bits per heavy atom. The molecule has 3 N–H and O–H groups in total. The van der Waals surface area contributed by atoms with Crippen molar-refractivity contribution in [2.45, 2.75) is 26.3 Å². The van der Waals surface area contributed by atoms with E-state index in [2.05, 4.69) is 5.32 Å². The average Bonchev–Trinajstić information content (AvgIpc) is 1.99. The molecule has 0 atom stereocenters. The van der Waals surface area contributed by atoms with Gasteiger partial charge in [-0.05, 0) is 39.0 Å². The van der Waals surface area contributed by atoms with Crippen molar-refractivity contribution in [2.24, 2.45) is 0 Å². The fourth-order valence-electron chi connectivity index (χ4n) is 1.15. The molecule has 0 fully saturated rings. The highest BCUT2D eigenvalue weighted by molar-refractivity contribution is 6.31. The third-order valence-corrected chi connectivity index (χ3v) is 1.98. The van der Waals surface area contributed by atoms with Gasteiger partial charge in [0.15, 0.2) is 0 Å². The number of anilines is 1. The molecular weight excluding hydrogens is 212 g/mol. The first-order valence-corrected chi connectivity index (χ1v) is 5.05. The van der Waals surface area contributed by atoms with Crippen LogP contribution in [0.3, 0.4) is 0 Å². The van der Waals surface area contributed by atoms with E-state index in [0.717, 1.165) is 0 Å². The second-order valence-electron chi connectivity index (χ2n) is 4.44. The summed E-state index contributed by atoms with van der Waals surface area (Å²) in [5, 5.41) is 3.36. The third-order valence-electron chi connectivity index (χ3n) is 1.75. The molecule has 0 aliphatic rings. The van der Waals surface area contributed by atoms with Crippen LogP contribution in [0.5, 0.6) is 0 Å². The van der Waals surface area contributed by atoms with E-state index in [1.165, 1.54) is 0 Å². The van der Waals surface area contributed by atoms with Crippen molar-refractivity contribution >= 4 is 23.2 Å². The lowest BCUT2D eigenvalue weighted by Gasteiger charge is -2.21. The number of halogens is 1. The van der Waals surface area contributed by atoms with E-state index in [1.807, 2.05) is 20.8 Å². The molecule has 3 nitrogen and oxygen atoms in total. The Labute approximate surface area is 94.6 Å². The Morgan fingerprint density at radius 3 is 2.47 bits per heavy atom. The molecule has 0 bridgehead atoms. The van der Waals surface area contributed by atoms with Gasteiger partial charge in [-0.15, -0.1) is 0 Å². The van der Waals surface area contributed by atoms with E-state index >= 15 is 0 Å². The van der Waals surface area contributed by atoms with E-state index in [4.69, 9.17) is 17.3 Å². The zero-order valence-corrected chi connectivity index (χ0v) is 9.85. The number of nitrogens with one attached hydrogen (secondary N) is 1. The van der Waals surface area contributed by atoms with Gasteiger partial charge in [0.05, 0.1) is 5.56 Å². The lowest BCUT2D eigenvalue weighted by molar-refractivity contribution is 0.0920. The highest BCUT2D eigenvalue weighted by Crippen LogP contribution is 2.18. The lowest BCUT2D eigenvalue weighted by atomic mass is 10.1. The lowest BCUT2D eigenvalue weighted by Crippen LogP contribution is -2.40. The standard InChI is InChI=1S/C11H15ClN2O/c1-11(2,3)14-10(15)8-5-4-7(12)6-9(8)13/h4-6H,13H2,1-3H3,(H,14,15). The molecule has 0 aliphatic carbocycles. The van der Waals surface area contributed by atoms with Crippen molar-refractivity contribution < 1.29 is 4.79 Å². The van der Waals surface area contributed by atoms with Crippen LogP contribution in [0.15, 0.2) is 18.2 Å². The highest BCUT2D eigenvalue weighted by Gasteiger charge is 2.16. The van der Waals surface area contributed by atoms with Crippen LogP contribution in [-0.4, -0.2) is 11.4 Å². The molecule has 0 aliphatic heterocycles. The number of hydrogen-bond donors (Lipinski definition) is 2. The summed E-state index contributed by atoms with van der Waals surface area (Å²) in [6, 6.07) is 4.84. The summed E-state index contributed by atoms with van der Waals surface area (Å²) in [4.78, 5) is 11.8. The van der Waals surface area contributed by atoms with Gasteiger partial charge in [-0.1, -0.05) is 11.6 Å². The number of nitrogen functional groups attached to an aromatic ring is 1. The van der Waals surface area contributed by atoms with Crippen molar-refractivity contribution in [3.05, 3.63) is 28.8 Å². The van der Waals surface area contributed by atoms with E-state index in [9.17, 15) is 4.79 Å². The van der Waals surface area contributed by atoms with Crippen LogP contribution in [0.25, 0.3) is 0 Å². The molecule has 0 unspecified atom stereocenters. The molecule has 4 heteroatoms. The minimum atomic E-state index is -0.275. The Kier molecular flexibility index (Phi) is 3.25. The number of benzene rings is 1. The maximum atomic E-state index is 11.8. The molecule has 1 amide bonds. The van der Waals surface area contributed by atoms with Gasteiger partial charge in [0.25, 0.3) is 5.91 Å². The molecule has 1 aromatic rings. The number of amides is 1. The first-order valence-electron chi connectivity index (χ1n) is 4.67. The highest BCUT2D eigenvalue weighted by atomic mass is 35.5. The Bertz CT molecular complexity index is 383. The predicted octanol–water partition coefficient (Wildman–Crippen LogP) is 2.45. The predicted molar refractivity (Wildman–Crippen MR) is 63.1 cm³/mol. The summed E-state index contributed by atoms with van der Waals surface area (Å²) in [5.41, 5.74) is 6.27. The molecule has 1 rings (SSSR count). The van der Waals surface area contributed by atoms with Crippen LogP contribution < -0.4 is 11.1 Å². The molecular formula is C11H15ClN2O. The number of carbonyl (C=O) groups is 1. The molecule has 0 spiro atoms. The van der Waals surface area contributed by atoms with Crippen LogP contribution in [-0.2, 0) is 0 Å². The molecule has 0 aromatic heterocycles. The van der Waals surface area contributed by atoms with E-state index in [-0.39, 0.29) is 11.4 Å². The molecule has 0 heterocycles. The van der Waals surface area contributed by atoms with Crippen molar-refractivity contribution in [3.63, 3.8) is 0 Å². The fourth-order valence-corrected chi connectivity index (χ4v) is 1.33. The van der Waals surface area contributed by atoms with Crippen LogP contribution in [0, 0.1) is 0 Å². The monoisotopic (exact) mass is 226 g/mol. The Morgan fingerprint density at radius 2 is 2.00 bits per heavy atom. The Balaban J connectivity index is 2.92. The number of hydrogen-bond acceptors (Lipinski definition) is 2. The summed E-state index contributed by atoms with van der Waals surface area (Å²) in [5.74, 6) is -0.184. The quantitative estimate of drug-likeness (QED) is 0.723. The summed E-state index contributed by atoms with van der Waals surface area (Å²) in [6.45, 7) is 5.74. The smallest absolute Gasteiger partial charge is 0.253 e. The number of rotatable bonds is 1. The van der Waals surface area contributed by atoms with Gasteiger partial charge in [0, 0.05) is 16.2 Å². The molecule has 1 aromatic carbocycles. The van der Waals surface area contributed by atoms with Crippen LogP contribution >= 0.6 is 11.6 Å². The van der Waals surface area contributed by atoms with Gasteiger partial charge in [-0.25, -0.2) is 0 Å². The van der Waals surface area contributed by atoms with Crippen molar-refractivity contribution in [3.8, 4) is 0 Å². The minimum Gasteiger partial charge on any atom is -0.398 e. The first-order chi connectivity index (χ1) is 6.79. The third kappa shape index (κ3) is 3.44. The normalized spacial score (nSPS) is 11.2. The van der Waals surface area contributed by atoms with E-state index in [1.54, 1.807) is 18.2 Å². The van der Waals surface area contributed by atoms with E-state index in [0.29, 0.717) is 16.3 Å². The summed E-state index contributed by atoms with van der Waals surface area (Å²) in [6.07, 6.45) is 0. The first kappa shape index (κ1) is 11.9. The second kappa shape index (κ2) is 4.11. The second-order valence-corrected chi connectivity index (χ2v) is 4.87. The van der Waals surface area contributed by atoms with Crippen LogP contribution in [0.2, 0.25) is 5.02 Å². The number of nitrogens with two attached hydrogens (primary N) is 1. The van der Waals surface area contributed by atoms with Gasteiger partial charge in [0.2, 0.25) is 0 Å². The Hall–Kier alpha value is -1.22. The van der Waals surface area contributed by atoms with Crippen LogP contribution in [0.4, 0.5) is 5.69 Å². The topological polar surface area (TPSA) is 55.1 Å². The minimum absolute atomic E-state index is 0.184. The summed E-state index contributed by atoms with van der Waals surface area (Å²) < 4.78 is 0. The van der Waals surface area contributed by atoms with Crippen LogP contribution in [0.1, 0.15) is 31.1 Å². The van der Waals surface area contributed by atoms with Gasteiger partial charge in [0.1, 0.15) is 0 Å². The summed E-state index contributed by atoms with van der Waals surface area (Å²) in [7, 11) is 0. The molecule has 0 saturated heterocycles. The summed E-state index contributed by atoms with van der Waals surface area (Å²) >= 11 is 5.74. The molecule has 0 saturated carbocycles. The van der Waals surface area contributed by atoms with Crippen molar-refractivity contribution in [2.75, 3.05) is 5.73 Å². The van der Waals surface area contributed by atoms with Crippen molar-refractivity contribution in [1.29, 1.82) is 0 Å². The molecule has 82 valence electrons. The van der Waals surface area contributed by atoms with E-state index < -0.39 is 0 Å². The zero-order chi connectivity index (χ0) is 11.6.